The van der Waals surface area contributed by atoms with Crippen molar-refractivity contribution in [2.45, 2.75) is 82.0 Å². The number of aromatic nitrogens is 2. The maximum atomic E-state index is 15.3. The number of carbonyl (C=O) groups is 4. The van der Waals surface area contributed by atoms with Crippen molar-refractivity contribution in [3.05, 3.63) is 147 Å². The van der Waals surface area contributed by atoms with E-state index in [1.165, 1.54) is 10.5 Å². The van der Waals surface area contributed by atoms with Crippen LogP contribution in [-0.4, -0.2) is 110 Å². The van der Waals surface area contributed by atoms with Gasteiger partial charge < -0.3 is 34.8 Å². The molecule has 1 aromatic heterocycles. The second-order valence-electron chi connectivity index (χ2n) is 19.3. The highest BCUT2D eigenvalue weighted by molar-refractivity contribution is 6.31. The highest BCUT2D eigenvalue weighted by atomic mass is 35.5. The highest BCUT2D eigenvalue weighted by Crippen LogP contribution is 2.42. The van der Waals surface area contributed by atoms with Gasteiger partial charge in [0.25, 0.3) is 0 Å². The number of fused-ring (bicyclic) bond motifs is 3. The molecule has 5 aromatic rings. The first-order valence-corrected chi connectivity index (χ1v) is 24.6. The van der Waals surface area contributed by atoms with Gasteiger partial charge in [-0.25, -0.2) is 4.98 Å². The maximum absolute atomic E-state index is 15.3. The molecule has 9 rings (SSSR count). The van der Waals surface area contributed by atoms with Crippen molar-refractivity contribution in [2.24, 2.45) is 13.0 Å². The fourth-order valence-electron chi connectivity index (χ4n) is 10.7. The Kier molecular flexibility index (Phi) is 14.3. The Labute approximate surface area is 413 Å². The molecule has 15 heteroatoms. The van der Waals surface area contributed by atoms with E-state index in [4.69, 9.17) is 32.9 Å². The molecule has 0 spiro atoms. The van der Waals surface area contributed by atoms with Gasteiger partial charge in [0.1, 0.15) is 29.4 Å². The molecule has 2 bridgehead atoms. The lowest BCUT2D eigenvalue weighted by Crippen LogP contribution is -2.65. The minimum absolute atomic E-state index is 0.0892. The van der Waals surface area contributed by atoms with E-state index in [0.717, 1.165) is 59.7 Å². The van der Waals surface area contributed by atoms with Gasteiger partial charge in [-0.05, 0) is 117 Å². The van der Waals surface area contributed by atoms with Crippen LogP contribution in [0.25, 0.3) is 11.3 Å². The summed E-state index contributed by atoms with van der Waals surface area (Å²) in [6.07, 6.45) is 7.74. The number of ether oxygens (including phenoxy) is 1. The van der Waals surface area contributed by atoms with Crippen molar-refractivity contribution in [3.8, 4) is 22.8 Å². The summed E-state index contributed by atoms with van der Waals surface area (Å²) in [5.41, 5.74) is 6.01. The summed E-state index contributed by atoms with van der Waals surface area (Å²) in [5.74, 6) is -0.935. The number of halogens is 2. The Hall–Kier alpha value is -5.99. The third-order valence-electron chi connectivity index (χ3n) is 14.5. The molecule has 13 nitrogen and oxygen atoms in total. The molecule has 4 heterocycles. The molecular formula is C54H59Cl2N7O6. The van der Waals surface area contributed by atoms with Crippen molar-refractivity contribution in [1.29, 1.82) is 0 Å². The number of aliphatic hydroxyl groups is 1. The topological polar surface area (TPSA) is 149 Å². The van der Waals surface area contributed by atoms with Crippen LogP contribution in [-0.2, 0) is 52.0 Å². The van der Waals surface area contributed by atoms with Crippen LogP contribution in [0.15, 0.2) is 109 Å². The Morgan fingerprint density at radius 3 is 2.43 bits per heavy atom. The van der Waals surface area contributed by atoms with Crippen molar-refractivity contribution < 1.29 is 29.0 Å². The average molecular weight is 973 g/mol. The Morgan fingerprint density at radius 1 is 0.913 bits per heavy atom. The number of aryl methyl sites for hydroxylation is 1. The van der Waals surface area contributed by atoms with Crippen LogP contribution in [0.1, 0.15) is 66.6 Å². The Bertz CT molecular complexity index is 2760. The zero-order valence-electron chi connectivity index (χ0n) is 39.3. The van der Waals surface area contributed by atoms with Crippen LogP contribution in [0, 0.1) is 5.92 Å². The number of hydrogen-bond donors (Lipinski definition) is 3. The molecule has 360 valence electrons. The largest absolute Gasteiger partial charge is 0.457 e. The standard InChI is InChI=1S/C54H59Cl2N7O6/c1-34-51(66)58-46(32-64)52(67)59-54(28-35-9-15-40(55)16-10-35)22-6-23-62(33-54)53(68)45(44-20-14-37-7-4-5-8-43(37)44)27-50(65)63(34)31-39-11-17-41(56)26-48(39)69-42-18-12-38(13-19-42)47-29-57-49(61(47)3)25-36-21-24-60(2)30-36/h4-5,7-13,15-19,21,26,29,34,44-46,64H,6,14,20,22-25,27-28,30-33H2,1-3H3,(H,58,66)(H,59,67)/t34-,44+,45-,46-,54+/m0/s1. The Morgan fingerprint density at radius 2 is 1.68 bits per heavy atom. The molecule has 2 fully saturated rings. The van der Waals surface area contributed by atoms with Crippen LogP contribution >= 0.6 is 23.2 Å². The van der Waals surface area contributed by atoms with Crippen LogP contribution in [0.4, 0.5) is 0 Å². The van der Waals surface area contributed by atoms with Gasteiger partial charge in [0.15, 0.2) is 0 Å². The number of hydrogen-bond acceptors (Lipinski definition) is 8. The van der Waals surface area contributed by atoms with Gasteiger partial charge in [-0.2, -0.15) is 0 Å². The molecule has 0 radical (unpaired) electrons. The Balaban J connectivity index is 1.02. The van der Waals surface area contributed by atoms with Crippen LogP contribution < -0.4 is 15.4 Å². The van der Waals surface area contributed by atoms with E-state index in [1.54, 1.807) is 42.2 Å². The summed E-state index contributed by atoms with van der Waals surface area (Å²) in [4.78, 5) is 69.4. The maximum Gasteiger partial charge on any atom is 0.245 e. The molecule has 4 amide bonds. The molecule has 3 aliphatic heterocycles. The number of nitrogens with zero attached hydrogens (tertiary/aromatic N) is 5. The van der Waals surface area contributed by atoms with Crippen molar-refractivity contribution in [1.82, 2.24) is 34.9 Å². The van der Waals surface area contributed by atoms with Gasteiger partial charge in [-0.15, -0.1) is 0 Å². The molecule has 4 aliphatic rings. The van der Waals surface area contributed by atoms with E-state index in [9.17, 15) is 14.7 Å². The molecule has 69 heavy (non-hydrogen) atoms. The summed E-state index contributed by atoms with van der Waals surface area (Å²) in [6, 6.07) is 25.8. The number of imidazole rings is 1. The normalized spacial score (nSPS) is 23.6. The van der Waals surface area contributed by atoms with E-state index in [0.29, 0.717) is 59.3 Å². The number of piperidine rings is 1. The van der Waals surface area contributed by atoms with Crippen molar-refractivity contribution in [2.75, 3.05) is 39.8 Å². The van der Waals surface area contributed by atoms with E-state index >= 15 is 9.59 Å². The minimum Gasteiger partial charge on any atom is -0.457 e. The average Bonchev–Trinajstić information content (AvgIpc) is 4.07. The number of rotatable bonds is 11. The zero-order chi connectivity index (χ0) is 48.4. The number of carbonyl (C=O) groups excluding carboxylic acids is 4. The zero-order valence-corrected chi connectivity index (χ0v) is 40.8. The van der Waals surface area contributed by atoms with Gasteiger partial charge in [0.05, 0.1) is 36.5 Å². The van der Waals surface area contributed by atoms with E-state index in [2.05, 4.69) is 39.3 Å². The van der Waals surface area contributed by atoms with Crippen LogP contribution in [0.2, 0.25) is 10.0 Å². The lowest BCUT2D eigenvalue weighted by molar-refractivity contribution is -0.148. The first-order valence-electron chi connectivity index (χ1n) is 23.8. The summed E-state index contributed by atoms with van der Waals surface area (Å²) in [7, 11) is 4.13. The van der Waals surface area contributed by atoms with Crippen molar-refractivity contribution >= 4 is 46.8 Å². The van der Waals surface area contributed by atoms with Gasteiger partial charge in [0.2, 0.25) is 23.6 Å². The third-order valence-corrected chi connectivity index (χ3v) is 15.0. The molecule has 2 saturated heterocycles. The summed E-state index contributed by atoms with van der Waals surface area (Å²) in [5, 5.41) is 17.6. The molecular weight excluding hydrogens is 914 g/mol. The van der Waals surface area contributed by atoms with E-state index in [1.807, 2.05) is 67.8 Å². The predicted octanol–water partition coefficient (Wildman–Crippen LogP) is 7.26. The molecule has 4 aromatic carbocycles. The quantitative estimate of drug-likeness (QED) is 0.117. The SMILES string of the molecule is C[C@H]1C(=O)N[C@@H](CO)C(=O)N[C@@]2(Cc3ccc(Cl)cc3)CCCN(C2)C(=O)[C@H]([C@@H]2CCc3ccccc32)CC(=O)N1Cc1ccc(Cl)cc1Oc1ccc(-c2cnc(CC3=CCN(C)C3)n2C)cc1. The molecule has 5 atom stereocenters. The second-order valence-corrected chi connectivity index (χ2v) is 20.1. The summed E-state index contributed by atoms with van der Waals surface area (Å²) in [6.45, 7) is 3.32. The van der Waals surface area contributed by atoms with Crippen molar-refractivity contribution in [3.63, 3.8) is 0 Å². The first kappa shape index (κ1) is 48.1. The summed E-state index contributed by atoms with van der Waals surface area (Å²) >= 11 is 12.8. The summed E-state index contributed by atoms with van der Waals surface area (Å²) < 4.78 is 8.63. The smallest absolute Gasteiger partial charge is 0.245 e. The van der Waals surface area contributed by atoms with Crippen LogP contribution in [0.3, 0.4) is 0 Å². The number of aliphatic hydroxyl groups excluding tert-OH is 1. The first-order chi connectivity index (χ1) is 33.3. The number of nitrogens with one attached hydrogen (secondary N) is 2. The monoisotopic (exact) mass is 971 g/mol. The molecule has 3 N–H and O–H groups in total. The number of amides is 4. The van der Waals surface area contributed by atoms with E-state index in [-0.39, 0.29) is 31.3 Å². The fraction of sp³-hybridized carbons (Fsp3) is 0.389. The second kappa shape index (κ2) is 20.5. The lowest BCUT2D eigenvalue weighted by Gasteiger charge is -2.46. The molecule has 0 saturated carbocycles. The number of benzene rings is 4. The van der Waals surface area contributed by atoms with Gasteiger partial charge in [-0.1, -0.05) is 77.3 Å². The highest BCUT2D eigenvalue weighted by Gasteiger charge is 2.45. The van der Waals surface area contributed by atoms with Gasteiger partial charge in [0, 0.05) is 67.2 Å². The lowest BCUT2D eigenvalue weighted by atomic mass is 9.80. The van der Waals surface area contributed by atoms with Gasteiger partial charge >= 0.3 is 0 Å². The predicted molar refractivity (Wildman–Crippen MR) is 266 cm³/mol. The molecule has 0 unspecified atom stereocenters. The van der Waals surface area contributed by atoms with Crippen LogP contribution in [0.5, 0.6) is 11.5 Å². The third kappa shape index (κ3) is 10.6. The van der Waals surface area contributed by atoms with Gasteiger partial charge in [-0.3, -0.25) is 24.1 Å². The number of likely N-dealkylation sites (N-methyl/N-ethyl adjacent to an activating group) is 1. The minimum atomic E-state index is -1.34. The fourth-order valence-corrected chi connectivity index (χ4v) is 11.0. The van der Waals surface area contributed by atoms with E-state index < -0.39 is 47.9 Å². The molecule has 1 aliphatic carbocycles.